The van der Waals surface area contributed by atoms with E-state index in [0.717, 1.165) is 0 Å². The van der Waals surface area contributed by atoms with Crippen LogP contribution in [0.5, 0.6) is 0 Å². The second-order valence-corrected chi connectivity index (χ2v) is 4.28. The molecule has 0 spiro atoms. The third-order valence-corrected chi connectivity index (χ3v) is 2.14. The number of allylic oxidation sites excluding steroid dienone is 2. The minimum Gasteiger partial charge on any atom is -0.464 e. The molecule has 0 bridgehead atoms. The van der Waals surface area contributed by atoms with Crippen LogP contribution in [0.25, 0.3) is 0 Å². The molecule has 0 aromatic carbocycles. The molecule has 0 aliphatic heterocycles. The number of carbonyl (C=O) groups is 1. The van der Waals surface area contributed by atoms with E-state index in [0.29, 0.717) is 0 Å². The van der Waals surface area contributed by atoms with Gasteiger partial charge in [0, 0.05) is 6.54 Å². The SMILES string of the molecule is COC(=O)/C(N)=C/C=C/NCCS(=O)(=O)O. The van der Waals surface area contributed by atoms with Gasteiger partial charge in [0.15, 0.2) is 0 Å². The number of hydrogen-bond donors (Lipinski definition) is 3. The van der Waals surface area contributed by atoms with Gasteiger partial charge in [-0.25, -0.2) is 4.79 Å². The molecule has 0 aliphatic rings. The molecular weight excluding hydrogens is 236 g/mol. The minimum atomic E-state index is -3.96. The van der Waals surface area contributed by atoms with Gasteiger partial charge in [-0.1, -0.05) is 0 Å². The molecule has 16 heavy (non-hydrogen) atoms. The molecule has 0 unspecified atom stereocenters. The molecule has 0 radical (unpaired) electrons. The normalized spacial score (nSPS) is 12.8. The lowest BCUT2D eigenvalue weighted by molar-refractivity contribution is -0.136. The van der Waals surface area contributed by atoms with Crippen LogP contribution in [0.4, 0.5) is 0 Å². The third-order valence-electron chi connectivity index (χ3n) is 1.42. The Balaban J connectivity index is 3.91. The fourth-order valence-corrected chi connectivity index (χ4v) is 1.05. The van der Waals surface area contributed by atoms with Crippen molar-refractivity contribution in [3.8, 4) is 0 Å². The molecular formula is C8H14N2O5S. The Hall–Kier alpha value is -1.54. The molecule has 0 aliphatic carbocycles. The molecule has 0 aromatic heterocycles. The zero-order chi connectivity index (χ0) is 12.6. The maximum absolute atomic E-state index is 10.8. The highest BCUT2D eigenvalue weighted by molar-refractivity contribution is 7.85. The van der Waals surface area contributed by atoms with Crippen molar-refractivity contribution in [1.82, 2.24) is 5.32 Å². The fourth-order valence-electron chi connectivity index (χ4n) is 0.677. The van der Waals surface area contributed by atoms with Crippen molar-refractivity contribution in [2.75, 3.05) is 19.4 Å². The molecule has 0 heterocycles. The van der Waals surface area contributed by atoms with Crippen molar-refractivity contribution in [3.63, 3.8) is 0 Å². The summed E-state index contributed by atoms with van der Waals surface area (Å²) in [5.41, 5.74) is 5.21. The molecule has 0 amide bonds. The Bertz CT molecular complexity index is 385. The maximum atomic E-state index is 10.8. The second-order valence-electron chi connectivity index (χ2n) is 2.71. The number of nitrogens with one attached hydrogen (secondary N) is 1. The molecule has 0 saturated heterocycles. The summed E-state index contributed by atoms with van der Waals surface area (Å²) >= 11 is 0. The Morgan fingerprint density at radius 2 is 2.19 bits per heavy atom. The van der Waals surface area contributed by atoms with Crippen LogP contribution in [0.3, 0.4) is 0 Å². The van der Waals surface area contributed by atoms with E-state index in [1.807, 2.05) is 0 Å². The maximum Gasteiger partial charge on any atom is 0.353 e. The third kappa shape index (κ3) is 7.83. The van der Waals surface area contributed by atoms with E-state index in [2.05, 4.69) is 10.1 Å². The number of rotatable bonds is 6. The number of methoxy groups -OCH3 is 1. The monoisotopic (exact) mass is 250 g/mol. The quantitative estimate of drug-likeness (QED) is 0.182. The van der Waals surface area contributed by atoms with Gasteiger partial charge in [0.1, 0.15) is 5.70 Å². The molecule has 92 valence electrons. The molecule has 7 nitrogen and oxygen atoms in total. The Morgan fingerprint density at radius 1 is 1.56 bits per heavy atom. The molecule has 8 heteroatoms. The van der Waals surface area contributed by atoms with E-state index >= 15 is 0 Å². The van der Waals surface area contributed by atoms with Gasteiger partial charge in [-0.2, -0.15) is 8.42 Å². The Labute approximate surface area is 93.7 Å². The first-order valence-corrected chi connectivity index (χ1v) is 5.87. The highest BCUT2D eigenvalue weighted by Crippen LogP contribution is 1.88. The summed E-state index contributed by atoms with van der Waals surface area (Å²) in [5.74, 6) is -1.05. The van der Waals surface area contributed by atoms with Crippen LogP contribution in [0.2, 0.25) is 0 Å². The molecule has 4 N–H and O–H groups in total. The lowest BCUT2D eigenvalue weighted by Crippen LogP contribution is -2.17. The summed E-state index contributed by atoms with van der Waals surface area (Å²) in [6.07, 6.45) is 4.10. The van der Waals surface area contributed by atoms with E-state index < -0.39 is 21.8 Å². The van der Waals surface area contributed by atoms with Crippen molar-refractivity contribution in [3.05, 3.63) is 24.0 Å². The summed E-state index contributed by atoms with van der Waals surface area (Å²) in [6.45, 7) is 0.0568. The molecule has 0 aromatic rings. The van der Waals surface area contributed by atoms with E-state index in [1.54, 1.807) is 0 Å². The molecule has 0 rings (SSSR count). The standard InChI is InChI=1S/C8H14N2O5S/c1-15-8(11)7(9)3-2-4-10-5-6-16(12,13)14/h2-4,10H,5-6,9H2,1H3,(H,12,13,14)/b4-2+,7-3-. The van der Waals surface area contributed by atoms with Crippen LogP contribution in [0, 0.1) is 0 Å². The average molecular weight is 250 g/mol. The minimum absolute atomic E-state index is 0.0568. The van der Waals surface area contributed by atoms with Crippen LogP contribution < -0.4 is 11.1 Å². The first kappa shape index (κ1) is 14.5. The number of carbonyl (C=O) groups excluding carboxylic acids is 1. The summed E-state index contributed by atoms with van der Waals surface area (Å²) in [6, 6.07) is 0. The van der Waals surface area contributed by atoms with E-state index in [-0.39, 0.29) is 12.2 Å². The zero-order valence-corrected chi connectivity index (χ0v) is 9.53. The zero-order valence-electron chi connectivity index (χ0n) is 8.71. The van der Waals surface area contributed by atoms with Crippen LogP contribution >= 0.6 is 0 Å². The molecule has 0 saturated carbocycles. The van der Waals surface area contributed by atoms with Crippen molar-refractivity contribution < 1.29 is 22.5 Å². The van der Waals surface area contributed by atoms with Crippen molar-refractivity contribution in [1.29, 1.82) is 0 Å². The predicted molar refractivity (Wildman–Crippen MR) is 57.8 cm³/mol. The van der Waals surface area contributed by atoms with Crippen molar-refractivity contribution in [2.45, 2.75) is 0 Å². The fraction of sp³-hybridized carbons (Fsp3) is 0.375. The summed E-state index contributed by atoms with van der Waals surface area (Å²) in [7, 11) is -2.75. The van der Waals surface area contributed by atoms with Gasteiger partial charge >= 0.3 is 5.97 Å². The van der Waals surface area contributed by atoms with E-state index in [4.69, 9.17) is 10.3 Å². The summed E-state index contributed by atoms with van der Waals surface area (Å²) < 4.78 is 33.3. The van der Waals surface area contributed by atoms with Crippen molar-refractivity contribution >= 4 is 16.1 Å². The van der Waals surface area contributed by atoms with Crippen LogP contribution in [0.1, 0.15) is 0 Å². The largest absolute Gasteiger partial charge is 0.464 e. The van der Waals surface area contributed by atoms with Crippen LogP contribution in [0.15, 0.2) is 24.0 Å². The number of hydrogen-bond acceptors (Lipinski definition) is 6. The number of ether oxygens (including phenoxy) is 1. The number of nitrogens with two attached hydrogens (primary N) is 1. The van der Waals surface area contributed by atoms with E-state index in [1.165, 1.54) is 25.5 Å². The highest BCUT2D eigenvalue weighted by Gasteiger charge is 2.02. The first-order valence-electron chi connectivity index (χ1n) is 4.26. The Kier molecular flexibility index (Phi) is 6.19. The van der Waals surface area contributed by atoms with E-state index in [9.17, 15) is 13.2 Å². The van der Waals surface area contributed by atoms with Gasteiger partial charge in [-0.15, -0.1) is 0 Å². The van der Waals surface area contributed by atoms with Gasteiger partial charge in [0.2, 0.25) is 0 Å². The summed E-state index contributed by atoms with van der Waals surface area (Å²) in [4.78, 5) is 10.8. The van der Waals surface area contributed by atoms with Crippen molar-refractivity contribution in [2.24, 2.45) is 5.73 Å². The molecule has 0 fully saturated rings. The predicted octanol–water partition coefficient (Wildman–Crippen LogP) is -1.01. The molecule has 0 atom stereocenters. The first-order chi connectivity index (χ1) is 7.37. The number of esters is 1. The second kappa shape index (κ2) is 6.85. The van der Waals surface area contributed by atoms with Crippen LogP contribution in [-0.2, 0) is 19.6 Å². The van der Waals surface area contributed by atoms with Crippen LogP contribution in [-0.4, -0.2) is 38.3 Å². The lowest BCUT2D eigenvalue weighted by atomic mass is 10.4. The Morgan fingerprint density at radius 3 is 2.69 bits per heavy atom. The van der Waals surface area contributed by atoms with Gasteiger partial charge < -0.3 is 15.8 Å². The smallest absolute Gasteiger partial charge is 0.353 e. The summed E-state index contributed by atoms with van der Waals surface area (Å²) in [5, 5.41) is 2.58. The topological polar surface area (TPSA) is 119 Å². The van der Waals surface area contributed by atoms with Gasteiger partial charge in [-0.3, -0.25) is 4.55 Å². The lowest BCUT2D eigenvalue weighted by Gasteiger charge is -1.97. The van der Waals surface area contributed by atoms with Gasteiger partial charge in [-0.05, 0) is 18.4 Å². The van der Waals surface area contributed by atoms with Gasteiger partial charge in [0.25, 0.3) is 10.1 Å². The average Bonchev–Trinajstić information content (AvgIpc) is 2.20. The highest BCUT2D eigenvalue weighted by atomic mass is 32.2. The van der Waals surface area contributed by atoms with Gasteiger partial charge in [0.05, 0.1) is 12.9 Å².